The second kappa shape index (κ2) is 42.4. The van der Waals surface area contributed by atoms with Crippen LogP contribution >= 0.6 is 15.9 Å². The molecular formula is C91H119BrF2IN5O6S. The first-order valence-corrected chi connectivity index (χ1v) is 42.2. The van der Waals surface area contributed by atoms with Crippen LogP contribution in [0, 0.1) is 39.3 Å². The molecule has 0 unspecified atom stereocenters. The van der Waals surface area contributed by atoms with Crippen LogP contribution in [0.1, 0.15) is 146 Å². The van der Waals surface area contributed by atoms with Gasteiger partial charge in [-0.2, -0.15) is 0 Å². The summed E-state index contributed by atoms with van der Waals surface area (Å²) in [4.78, 5) is 20.8. The predicted molar refractivity (Wildman–Crippen MR) is 437 cm³/mol. The minimum Gasteiger partial charge on any atom is -1.00 e. The molecule has 8 heterocycles. The number of carbonyl (C=O) groups excluding carboxylic acids is 1. The fraction of sp³-hybridized carbons (Fsp3) is 0.462. The SMILES string of the molecule is CCC.C[S+](C)(C)=O.Cc1ccc(F)c(Br)c1.Cc1ccc(F)c(CC2(O)CCN(Cc3ccccc3)CC2)c1.Cc1ccc2c(c1)CC1(CCN(Cc3ccccc3)CC1)O2.Cc1ccc2c(c1)CC1(CCNCC1)O2.O=C1CCN(Cc2ccccc2)CC1.[I-].c1ccc(CN2CCC3(CC2)CO3)cc1. The second-order valence-electron chi connectivity index (χ2n) is 31.3. The van der Waals surface area contributed by atoms with E-state index in [9.17, 15) is 22.9 Å². The van der Waals surface area contributed by atoms with Gasteiger partial charge in [0.15, 0.2) is 0 Å². The molecule has 16 heteroatoms. The number of nitrogens with zero attached hydrogens (tertiary/aromatic N) is 4. The Labute approximate surface area is 666 Å². The van der Waals surface area contributed by atoms with Gasteiger partial charge < -0.3 is 48.6 Å². The maximum atomic E-state index is 13.9. The number of hydrogen-bond donors (Lipinski definition) is 2. The molecule has 0 aromatic heterocycles. The maximum absolute atomic E-state index is 13.9. The number of likely N-dealkylation sites (tertiary alicyclic amines) is 4. The van der Waals surface area contributed by atoms with E-state index in [0.29, 0.717) is 40.7 Å². The highest BCUT2D eigenvalue weighted by atomic mass is 127. The van der Waals surface area contributed by atoms with Crippen LogP contribution in [0.15, 0.2) is 199 Å². The Hall–Kier alpha value is -6.03. The van der Waals surface area contributed by atoms with E-state index in [1.165, 1.54) is 89.0 Å². The van der Waals surface area contributed by atoms with Crippen molar-refractivity contribution in [2.45, 2.75) is 180 Å². The van der Waals surface area contributed by atoms with Crippen molar-refractivity contribution in [3.63, 3.8) is 0 Å². The van der Waals surface area contributed by atoms with Gasteiger partial charge in [-0.15, -0.1) is 4.21 Å². The Morgan fingerprint density at radius 1 is 0.467 bits per heavy atom. The van der Waals surface area contributed by atoms with Gasteiger partial charge in [0, 0.05) is 123 Å². The lowest BCUT2D eigenvalue weighted by molar-refractivity contribution is -0.121. The first kappa shape index (κ1) is 86.6. The quantitative estimate of drug-likeness (QED) is 0.0776. The van der Waals surface area contributed by atoms with Gasteiger partial charge in [-0.1, -0.05) is 201 Å². The highest BCUT2D eigenvalue weighted by Gasteiger charge is 2.47. The number of halogens is 4. The highest BCUT2D eigenvalue weighted by molar-refractivity contribution is 9.10. The molecular weight excluding hydrogens is 1540 g/mol. The number of rotatable bonds is 10. The van der Waals surface area contributed by atoms with E-state index in [1.54, 1.807) is 37.0 Å². The van der Waals surface area contributed by atoms with Crippen LogP contribution in [-0.4, -0.2) is 144 Å². The van der Waals surface area contributed by atoms with E-state index >= 15 is 0 Å². The zero-order chi connectivity index (χ0) is 75.6. The first-order valence-electron chi connectivity index (χ1n) is 38.6. The number of ketones is 1. The molecule has 8 aliphatic rings. The highest BCUT2D eigenvalue weighted by Crippen LogP contribution is 2.43. The summed E-state index contributed by atoms with van der Waals surface area (Å²) in [5.41, 5.74) is 13.3. The standard InChI is InChI=1S/C20H24FNO.C20H23NO.2C13H17NO.C12H15NO.C7H6BrF.C3H9OS.C3H8.HI/c1-16-7-8-19(21)18(13-16)14-20(23)9-11-22(12-10-20)15-17-5-3-2-4-6-17;1-16-7-8-19-18(13-16)14-20(22-19)9-11-21(12-10-20)15-17-5-3-2-4-6-17;1-10-2-3-12-11(8-10)9-13(15-12)4-6-14-7-5-13;1-2-4-12(5-3-1)10-14-8-6-13(7-9-14)11-15-13;14-12-6-8-13(9-7-12)10-11-4-2-1-3-5-11;1-5-2-3-7(9)6(8)4-5;1-5(2,3)4;1-3-2;/h2-8,13,23H,9-12,14-15H2,1H3;2-8,13H,9-12,14-15H2,1H3;2-3,8,14H,4-7,9H2,1H3;1-5H,6-11H2;1-5H,6-10H2;2-4H,1H3;1-3H3;3H2,1-2H3;1H/q;;;;;;+1;;/p-1. The molecule has 16 rings (SSSR count). The molecule has 2 N–H and O–H groups in total. The smallest absolute Gasteiger partial charge is 0.137 e. The molecule has 578 valence electrons. The molecule has 0 saturated carbocycles. The van der Waals surface area contributed by atoms with Crippen molar-refractivity contribution in [2.75, 3.05) is 90.8 Å². The molecule has 8 aliphatic heterocycles. The molecule has 0 amide bonds. The molecule has 0 atom stereocenters. The van der Waals surface area contributed by atoms with E-state index in [0.717, 1.165) is 159 Å². The molecule has 107 heavy (non-hydrogen) atoms. The maximum Gasteiger partial charge on any atom is 0.137 e. The van der Waals surface area contributed by atoms with E-state index in [2.05, 4.69) is 214 Å². The van der Waals surface area contributed by atoms with E-state index in [4.69, 9.17) is 14.2 Å². The number of aryl methyl sites for hydroxylation is 4. The third kappa shape index (κ3) is 29.6. The molecule has 11 nitrogen and oxygen atoms in total. The number of nitrogens with one attached hydrogen (secondary N) is 1. The summed E-state index contributed by atoms with van der Waals surface area (Å²) >= 11 is 3.07. The number of aliphatic hydroxyl groups is 1. The van der Waals surface area contributed by atoms with Gasteiger partial charge in [-0.3, -0.25) is 24.4 Å². The van der Waals surface area contributed by atoms with Crippen LogP contribution in [0.5, 0.6) is 11.5 Å². The topological polar surface area (TPSA) is 110 Å². The number of hydrogen-bond acceptors (Lipinski definition) is 11. The summed E-state index contributed by atoms with van der Waals surface area (Å²) in [6.45, 7) is 27.8. The van der Waals surface area contributed by atoms with Crippen molar-refractivity contribution >= 4 is 31.6 Å². The number of Topliss-reactive ketones (excluding diaryl/α,β-unsaturated/α-hetero) is 1. The molecule has 8 aromatic rings. The Morgan fingerprint density at radius 3 is 1.17 bits per heavy atom. The average molecular weight is 1660 g/mol. The van der Waals surface area contributed by atoms with Crippen LogP contribution in [0.25, 0.3) is 0 Å². The molecule has 0 bridgehead atoms. The van der Waals surface area contributed by atoms with Crippen LogP contribution in [0.4, 0.5) is 8.78 Å². The third-order valence-electron chi connectivity index (χ3n) is 20.7. The Morgan fingerprint density at radius 2 is 0.794 bits per heavy atom. The Bertz CT molecular complexity index is 3990. The average Bonchev–Trinajstić information content (AvgIpc) is 1.75. The fourth-order valence-corrected chi connectivity index (χ4v) is 15.1. The summed E-state index contributed by atoms with van der Waals surface area (Å²) in [6.07, 6.45) is 18.8. The molecule has 3 spiro atoms. The monoisotopic (exact) mass is 1650 g/mol. The van der Waals surface area contributed by atoms with Gasteiger partial charge in [-0.05, 0) is 170 Å². The van der Waals surface area contributed by atoms with Crippen molar-refractivity contribution in [1.29, 1.82) is 0 Å². The largest absolute Gasteiger partial charge is 1.00 e. The van der Waals surface area contributed by atoms with E-state index in [1.807, 2.05) is 32.0 Å². The zero-order valence-electron chi connectivity index (χ0n) is 65.2. The summed E-state index contributed by atoms with van der Waals surface area (Å²) in [5.74, 6) is 2.22. The number of piperidine rings is 5. The van der Waals surface area contributed by atoms with Crippen LogP contribution in [0.3, 0.4) is 0 Å². The molecule has 6 saturated heterocycles. The normalized spacial score (nSPS) is 18.5. The van der Waals surface area contributed by atoms with Crippen molar-refractivity contribution in [1.82, 2.24) is 24.9 Å². The van der Waals surface area contributed by atoms with Gasteiger partial charge >= 0.3 is 0 Å². The Kier molecular flexibility index (Phi) is 34.3. The zero-order valence-corrected chi connectivity index (χ0v) is 69.7. The predicted octanol–water partition coefficient (Wildman–Crippen LogP) is 15.3. The number of carbonyl (C=O) groups is 1. The van der Waals surface area contributed by atoms with Crippen LogP contribution in [-0.2, 0) is 69.1 Å². The molecule has 8 aromatic carbocycles. The minimum atomic E-state index is -1.42. The van der Waals surface area contributed by atoms with Gasteiger partial charge in [0.1, 0.15) is 58.9 Å². The van der Waals surface area contributed by atoms with Gasteiger partial charge in [0.2, 0.25) is 0 Å². The molecule has 6 fully saturated rings. The number of ether oxygens (including phenoxy) is 3. The minimum absolute atomic E-state index is 0. The number of fused-ring (bicyclic) bond motifs is 2. The second-order valence-corrected chi connectivity index (χ2v) is 35.6. The van der Waals surface area contributed by atoms with Crippen molar-refractivity contribution in [2.24, 2.45) is 0 Å². The number of epoxide rings is 1. The van der Waals surface area contributed by atoms with Crippen molar-refractivity contribution < 1.29 is 61.1 Å². The van der Waals surface area contributed by atoms with Crippen LogP contribution < -0.4 is 38.8 Å². The van der Waals surface area contributed by atoms with Crippen molar-refractivity contribution in [3.05, 3.63) is 271 Å². The van der Waals surface area contributed by atoms with E-state index < -0.39 is 15.5 Å². The summed E-state index contributed by atoms with van der Waals surface area (Å²) in [6, 6.07) is 65.5. The van der Waals surface area contributed by atoms with Crippen LogP contribution in [0.2, 0.25) is 0 Å². The number of benzene rings is 8. The Balaban J connectivity index is 0.000000161. The molecule has 0 aliphatic carbocycles. The van der Waals surface area contributed by atoms with Gasteiger partial charge in [0.05, 0.1) is 32.2 Å². The lowest BCUT2D eigenvalue weighted by Crippen LogP contribution is -3.00. The first-order chi connectivity index (χ1) is 50.9. The fourth-order valence-electron chi connectivity index (χ4n) is 14.6. The third-order valence-corrected chi connectivity index (χ3v) is 21.3. The van der Waals surface area contributed by atoms with Gasteiger partial charge in [0.25, 0.3) is 0 Å². The summed E-state index contributed by atoms with van der Waals surface area (Å²) < 4.78 is 55.1. The van der Waals surface area contributed by atoms with Gasteiger partial charge in [-0.25, -0.2) is 8.78 Å². The molecule has 0 radical (unpaired) electrons. The summed E-state index contributed by atoms with van der Waals surface area (Å²) in [5, 5.41) is 14.2. The van der Waals surface area contributed by atoms with E-state index in [-0.39, 0.29) is 46.8 Å². The lowest BCUT2D eigenvalue weighted by atomic mass is 9.84. The lowest BCUT2D eigenvalue weighted by Gasteiger charge is -2.38. The van der Waals surface area contributed by atoms with Crippen molar-refractivity contribution in [3.8, 4) is 11.5 Å². The summed E-state index contributed by atoms with van der Waals surface area (Å²) in [7, 11) is -1.42.